The highest BCUT2D eigenvalue weighted by molar-refractivity contribution is 7.14. The molecule has 1 amide bonds. The Labute approximate surface area is 168 Å². The van der Waals surface area contributed by atoms with E-state index < -0.39 is 12.3 Å². The maximum absolute atomic E-state index is 12.3. The number of nitrogens with one attached hydrogen (secondary N) is 1. The van der Waals surface area contributed by atoms with E-state index in [1.807, 2.05) is 24.3 Å². The average Bonchev–Trinajstić information content (AvgIpc) is 3.14. The van der Waals surface area contributed by atoms with Crippen molar-refractivity contribution in [3.63, 3.8) is 0 Å². The van der Waals surface area contributed by atoms with Gasteiger partial charge in [0.15, 0.2) is 5.13 Å². The van der Waals surface area contributed by atoms with Crippen LogP contribution in [0.15, 0.2) is 60.0 Å². The number of aromatic nitrogens is 1. The monoisotopic (exact) mass is 420 g/mol. The van der Waals surface area contributed by atoms with E-state index in [0.29, 0.717) is 16.4 Å². The summed E-state index contributed by atoms with van der Waals surface area (Å²) >= 11 is 1.26. The van der Waals surface area contributed by atoms with E-state index in [-0.39, 0.29) is 5.75 Å². The Morgan fingerprint density at radius 3 is 2.59 bits per heavy atom. The molecule has 0 aliphatic rings. The van der Waals surface area contributed by atoms with Gasteiger partial charge in [-0.3, -0.25) is 10.1 Å². The lowest BCUT2D eigenvalue weighted by Gasteiger charge is -2.08. The first kappa shape index (κ1) is 20.4. The molecule has 150 valence electrons. The van der Waals surface area contributed by atoms with E-state index in [1.54, 1.807) is 18.6 Å². The number of nitrogens with zero attached hydrogens (tertiary/aromatic N) is 1. The van der Waals surface area contributed by atoms with Crippen molar-refractivity contribution in [1.82, 2.24) is 4.98 Å². The van der Waals surface area contributed by atoms with Crippen LogP contribution in [0.25, 0.3) is 17.3 Å². The minimum Gasteiger partial charge on any atom is -0.497 e. The minimum atomic E-state index is -4.77. The van der Waals surface area contributed by atoms with E-state index in [0.717, 1.165) is 11.3 Å². The molecule has 3 rings (SSSR count). The van der Waals surface area contributed by atoms with Crippen LogP contribution in [-0.4, -0.2) is 24.4 Å². The Bertz CT molecular complexity index is 1010. The van der Waals surface area contributed by atoms with Crippen molar-refractivity contribution < 1.29 is 27.4 Å². The number of methoxy groups -OCH3 is 1. The number of carbonyl (C=O) groups excluding carboxylic acids is 1. The number of thiazole rings is 1. The number of halogens is 3. The minimum absolute atomic E-state index is 0.357. The highest BCUT2D eigenvalue weighted by atomic mass is 32.1. The molecule has 1 heterocycles. The van der Waals surface area contributed by atoms with Gasteiger partial charge < -0.3 is 9.47 Å². The fourth-order valence-electron chi connectivity index (χ4n) is 2.36. The molecule has 0 radical (unpaired) electrons. The molecular weight excluding hydrogens is 405 g/mol. The zero-order chi connectivity index (χ0) is 20.9. The highest BCUT2D eigenvalue weighted by Gasteiger charge is 2.31. The number of benzene rings is 2. The summed E-state index contributed by atoms with van der Waals surface area (Å²) in [5.41, 5.74) is 1.97. The van der Waals surface area contributed by atoms with Crippen LogP contribution in [0.1, 0.15) is 5.56 Å². The molecule has 0 aliphatic heterocycles. The largest absolute Gasteiger partial charge is 0.573 e. The second kappa shape index (κ2) is 8.78. The maximum atomic E-state index is 12.3. The summed E-state index contributed by atoms with van der Waals surface area (Å²) in [6.07, 6.45) is -2.18. The smallest absolute Gasteiger partial charge is 0.497 e. The topological polar surface area (TPSA) is 60.5 Å². The van der Waals surface area contributed by atoms with Gasteiger partial charge in [-0.15, -0.1) is 24.5 Å². The summed E-state index contributed by atoms with van der Waals surface area (Å²) < 4.78 is 45.8. The second-order valence-corrected chi connectivity index (χ2v) is 6.57. The lowest BCUT2D eigenvalue weighted by Crippen LogP contribution is -2.17. The van der Waals surface area contributed by atoms with Crippen LogP contribution in [-0.2, 0) is 4.79 Å². The first-order valence-electron chi connectivity index (χ1n) is 8.27. The van der Waals surface area contributed by atoms with Gasteiger partial charge in [-0.2, -0.15) is 0 Å². The zero-order valence-corrected chi connectivity index (χ0v) is 15.9. The van der Waals surface area contributed by atoms with Crippen molar-refractivity contribution in [3.8, 4) is 22.8 Å². The lowest BCUT2D eigenvalue weighted by atomic mass is 10.2. The molecular formula is C20H15F3N2O3S. The van der Waals surface area contributed by atoms with Gasteiger partial charge in [-0.05, 0) is 48.0 Å². The molecule has 0 bridgehead atoms. The molecule has 5 nitrogen and oxygen atoms in total. The molecule has 1 aromatic heterocycles. The Morgan fingerprint density at radius 2 is 1.90 bits per heavy atom. The first-order chi connectivity index (χ1) is 13.8. The summed E-state index contributed by atoms with van der Waals surface area (Å²) in [5, 5.41) is 4.83. The molecule has 0 atom stereocenters. The third-order valence-corrected chi connectivity index (χ3v) is 4.40. The molecule has 1 N–H and O–H groups in total. The number of rotatable bonds is 6. The number of ether oxygens (including phenoxy) is 2. The molecule has 0 spiro atoms. The van der Waals surface area contributed by atoms with Gasteiger partial charge in [0.1, 0.15) is 11.5 Å². The van der Waals surface area contributed by atoms with Crippen molar-refractivity contribution in [1.29, 1.82) is 0 Å². The van der Waals surface area contributed by atoms with Gasteiger partial charge in [-0.1, -0.05) is 12.1 Å². The van der Waals surface area contributed by atoms with Crippen LogP contribution >= 0.6 is 11.3 Å². The number of amides is 1. The van der Waals surface area contributed by atoms with Crippen LogP contribution in [0.2, 0.25) is 0 Å². The molecule has 0 aliphatic carbocycles. The van der Waals surface area contributed by atoms with Crippen molar-refractivity contribution in [2.24, 2.45) is 0 Å². The first-order valence-corrected chi connectivity index (χ1v) is 9.15. The summed E-state index contributed by atoms with van der Waals surface area (Å²) in [6, 6.07) is 12.7. The van der Waals surface area contributed by atoms with E-state index in [9.17, 15) is 18.0 Å². The molecule has 2 aromatic carbocycles. The lowest BCUT2D eigenvalue weighted by molar-refractivity contribution is -0.274. The third-order valence-electron chi connectivity index (χ3n) is 3.64. The number of anilines is 1. The number of carbonyl (C=O) groups is 1. The van der Waals surface area contributed by atoms with Crippen molar-refractivity contribution in [3.05, 3.63) is 65.6 Å². The van der Waals surface area contributed by atoms with Crippen LogP contribution in [0.5, 0.6) is 11.5 Å². The second-order valence-electron chi connectivity index (χ2n) is 5.71. The quantitative estimate of drug-likeness (QED) is 0.545. The Hall–Kier alpha value is -3.33. The third kappa shape index (κ3) is 6.08. The molecule has 0 saturated carbocycles. The summed E-state index contributed by atoms with van der Waals surface area (Å²) in [4.78, 5) is 16.4. The molecule has 9 heteroatoms. The number of hydrogen-bond acceptors (Lipinski definition) is 5. The van der Waals surface area contributed by atoms with Gasteiger partial charge in [0, 0.05) is 17.0 Å². The fraction of sp³-hybridized carbons (Fsp3) is 0.100. The van der Waals surface area contributed by atoms with Gasteiger partial charge in [0.05, 0.1) is 12.8 Å². The fourth-order valence-corrected chi connectivity index (χ4v) is 3.08. The van der Waals surface area contributed by atoms with Crippen LogP contribution < -0.4 is 14.8 Å². The Morgan fingerprint density at radius 1 is 1.14 bits per heavy atom. The summed E-state index contributed by atoms with van der Waals surface area (Å²) in [5.74, 6) is -0.0840. The maximum Gasteiger partial charge on any atom is 0.573 e. The highest BCUT2D eigenvalue weighted by Crippen LogP contribution is 2.27. The van der Waals surface area contributed by atoms with Crippen LogP contribution in [0.4, 0.5) is 18.3 Å². The SMILES string of the molecule is COc1ccc(-c2csc(NC(=O)/C=C\c3cccc(OC(F)(F)F)c3)n2)cc1. The summed E-state index contributed by atoms with van der Waals surface area (Å²) in [7, 11) is 1.58. The molecule has 0 saturated heterocycles. The predicted molar refractivity (Wildman–Crippen MR) is 105 cm³/mol. The summed E-state index contributed by atoms with van der Waals surface area (Å²) in [6.45, 7) is 0. The predicted octanol–water partition coefficient (Wildman–Crippen LogP) is 5.37. The molecule has 3 aromatic rings. The van der Waals surface area contributed by atoms with Crippen molar-refractivity contribution in [2.75, 3.05) is 12.4 Å². The van der Waals surface area contributed by atoms with E-state index >= 15 is 0 Å². The van der Waals surface area contributed by atoms with E-state index in [1.165, 1.54) is 41.7 Å². The van der Waals surface area contributed by atoms with Crippen molar-refractivity contribution in [2.45, 2.75) is 6.36 Å². The van der Waals surface area contributed by atoms with Gasteiger partial charge in [0.25, 0.3) is 0 Å². The number of alkyl halides is 3. The van der Waals surface area contributed by atoms with Crippen LogP contribution in [0.3, 0.4) is 0 Å². The Kier molecular flexibility index (Phi) is 6.18. The van der Waals surface area contributed by atoms with E-state index in [4.69, 9.17) is 4.74 Å². The molecule has 0 fully saturated rings. The van der Waals surface area contributed by atoms with Gasteiger partial charge in [0.2, 0.25) is 5.91 Å². The average molecular weight is 420 g/mol. The van der Waals surface area contributed by atoms with Gasteiger partial charge >= 0.3 is 6.36 Å². The van der Waals surface area contributed by atoms with Crippen LogP contribution in [0, 0.1) is 0 Å². The zero-order valence-electron chi connectivity index (χ0n) is 15.1. The van der Waals surface area contributed by atoms with E-state index in [2.05, 4.69) is 15.0 Å². The normalized spacial score (nSPS) is 11.4. The molecule has 0 unspecified atom stereocenters. The Balaban J connectivity index is 1.62. The van der Waals surface area contributed by atoms with Gasteiger partial charge in [-0.25, -0.2) is 4.98 Å². The molecule has 29 heavy (non-hydrogen) atoms. The van der Waals surface area contributed by atoms with Crippen molar-refractivity contribution >= 4 is 28.5 Å². The number of hydrogen-bond donors (Lipinski definition) is 1. The standard InChI is InChI=1S/C20H15F3N2O3S/c1-27-15-8-6-14(7-9-15)17-12-29-19(24-17)25-18(26)10-5-13-3-2-4-16(11-13)28-20(21,22)23/h2-12H,1H3,(H,24,25,26)/b10-5-.